The van der Waals surface area contributed by atoms with Crippen LogP contribution in [-0.2, 0) is 9.47 Å². The summed E-state index contributed by atoms with van der Waals surface area (Å²) in [7, 11) is 0. The second kappa shape index (κ2) is 4.87. The van der Waals surface area contributed by atoms with E-state index in [0.717, 1.165) is 44.7 Å². The standard InChI is InChI=1S/C16H25NO2/c1-6-16(7-1)14(13-5-11-19-15(13)16)17-8-2-12-3-9-18-10-4-12/h3,13-15,17H,1-2,4-11H2/t13-,14+,15-/m0/s1. The van der Waals surface area contributed by atoms with Crippen LogP contribution >= 0.6 is 0 Å². The van der Waals surface area contributed by atoms with Crippen LogP contribution in [0.3, 0.4) is 0 Å². The summed E-state index contributed by atoms with van der Waals surface area (Å²) in [5, 5.41) is 3.87. The van der Waals surface area contributed by atoms with Gasteiger partial charge in [0.2, 0.25) is 0 Å². The minimum atomic E-state index is 0.533. The molecule has 3 fully saturated rings. The Morgan fingerprint density at radius 3 is 3.00 bits per heavy atom. The number of fused-ring (bicyclic) bond motifs is 2. The molecule has 4 aliphatic rings. The average molecular weight is 263 g/mol. The molecule has 0 radical (unpaired) electrons. The maximum absolute atomic E-state index is 5.97. The van der Waals surface area contributed by atoms with Crippen LogP contribution in [-0.4, -0.2) is 38.5 Å². The summed E-state index contributed by atoms with van der Waals surface area (Å²) >= 11 is 0. The first kappa shape index (κ1) is 12.4. The van der Waals surface area contributed by atoms with Crippen LogP contribution in [0.5, 0.6) is 0 Å². The van der Waals surface area contributed by atoms with E-state index in [9.17, 15) is 0 Å². The molecule has 3 atom stereocenters. The van der Waals surface area contributed by atoms with Gasteiger partial charge in [-0.3, -0.25) is 0 Å². The van der Waals surface area contributed by atoms with Crippen molar-refractivity contribution >= 4 is 0 Å². The fraction of sp³-hybridized carbons (Fsp3) is 0.875. The van der Waals surface area contributed by atoms with E-state index < -0.39 is 0 Å². The molecule has 0 bridgehead atoms. The summed E-state index contributed by atoms with van der Waals surface area (Å²) in [4.78, 5) is 0. The van der Waals surface area contributed by atoms with Crippen molar-refractivity contribution in [3.8, 4) is 0 Å². The molecule has 0 amide bonds. The molecule has 3 nitrogen and oxygen atoms in total. The Labute approximate surface area is 115 Å². The van der Waals surface area contributed by atoms with Gasteiger partial charge in [0.25, 0.3) is 0 Å². The lowest BCUT2D eigenvalue weighted by atomic mass is 9.46. The van der Waals surface area contributed by atoms with Gasteiger partial charge in [-0.25, -0.2) is 0 Å². The van der Waals surface area contributed by atoms with Crippen molar-refractivity contribution in [2.45, 2.75) is 50.7 Å². The summed E-state index contributed by atoms with van der Waals surface area (Å²) in [5.41, 5.74) is 2.12. The smallest absolute Gasteiger partial charge is 0.0690 e. The van der Waals surface area contributed by atoms with Crippen molar-refractivity contribution in [1.29, 1.82) is 0 Å². The molecule has 2 aliphatic carbocycles. The lowest BCUT2D eigenvalue weighted by Gasteiger charge is -2.63. The lowest BCUT2D eigenvalue weighted by Crippen LogP contribution is -2.71. The van der Waals surface area contributed by atoms with E-state index >= 15 is 0 Å². The third kappa shape index (κ3) is 1.90. The number of hydrogen-bond donors (Lipinski definition) is 1. The van der Waals surface area contributed by atoms with Crippen LogP contribution in [0.4, 0.5) is 0 Å². The van der Waals surface area contributed by atoms with Gasteiger partial charge in [-0.2, -0.15) is 0 Å². The average Bonchev–Trinajstić information content (AvgIpc) is 2.79. The van der Waals surface area contributed by atoms with Gasteiger partial charge in [-0.1, -0.05) is 18.1 Å². The van der Waals surface area contributed by atoms with Gasteiger partial charge < -0.3 is 14.8 Å². The van der Waals surface area contributed by atoms with Crippen molar-refractivity contribution in [2.75, 3.05) is 26.4 Å². The van der Waals surface area contributed by atoms with Crippen LogP contribution in [0, 0.1) is 11.3 Å². The first-order chi connectivity index (χ1) is 9.40. The molecule has 0 unspecified atom stereocenters. The van der Waals surface area contributed by atoms with Gasteiger partial charge in [-0.05, 0) is 38.6 Å². The monoisotopic (exact) mass is 263 g/mol. The highest BCUT2D eigenvalue weighted by molar-refractivity contribution is 5.18. The van der Waals surface area contributed by atoms with Crippen molar-refractivity contribution < 1.29 is 9.47 Å². The fourth-order valence-corrected chi connectivity index (χ4v) is 4.74. The van der Waals surface area contributed by atoms with Crippen molar-refractivity contribution in [2.24, 2.45) is 11.3 Å². The first-order valence-corrected chi connectivity index (χ1v) is 8.01. The fourth-order valence-electron chi connectivity index (χ4n) is 4.74. The van der Waals surface area contributed by atoms with Crippen molar-refractivity contribution in [3.05, 3.63) is 11.6 Å². The number of hydrogen-bond acceptors (Lipinski definition) is 3. The highest BCUT2D eigenvalue weighted by Gasteiger charge is 2.66. The summed E-state index contributed by atoms with van der Waals surface area (Å²) < 4.78 is 11.3. The molecule has 0 aromatic heterocycles. The molecule has 1 spiro atoms. The van der Waals surface area contributed by atoms with Crippen molar-refractivity contribution in [3.63, 3.8) is 0 Å². The van der Waals surface area contributed by atoms with Gasteiger partial charge in [0.05, 0.1) is 19.3 Å². The third-order valence-electron chi connectivity index (χ3n) is 5.90. The van der Waals surface area contributed by atoms with Crippen molar-refractivity contribution in [1.82, 2.24) is 5.32 Å². The highest BCUT2D eigenvalue weighted by atomic mass is 16.5. The number of nitrogens with one attached hydrogen (secondary N) is 1. The number of rotatable bonds is 4. The van der Waals surface area contributed by atoms with E-state index in [1.165, 1.54) is 32.1 Å². The normalized spacial score (nSPS) is 39.4. The zero-order valence-corrected chi connectivity index (χ0v) is 11.7. The van der Waals surface area contributed by atoms with Gasteiger partial charge in [0.15, 0.2) is 0 Å². The van der Waals surface area contributed by atoms with Gasteiger partial charge in [-0.15, -0.1) is 0 Å². The maximum Gasteiger partial charge on any atom is 0.0690 e. The van der Waals surface area contributed by atoms with Gasteiger partial charge in [0.1, 0.15) is 0 Å². The molecule has 2 aliphatic heterocycles. The zero-order valence-electron chi connectivity index (χ0n) is 11.7. The highest BCUT2D eigenvalue weighted by Crippen LogP contribution is 2.62. The van der Waals surface area contributed by atoms with Gasteiger partial charge >= 0.3 is 0 Å². The molecule has 0 aromatic rings. The Hall–Kier alpha value is -0.380. The Morgan fingerprint density at radius 2 is 2.26 bits per heavy atom. The summed E-state index contributed by atoms with van der Waals surface area (Å²) in [6, 6.07) is 0.745. The number of ether oxygens (including phenoxy) is 2. The zero-order chi connectivity index (χ0) is 12.7. The maximum atomic E-state index is 5.97. The third-order valence-corrected chi connectivity index (χ3v) is 5.90. The topological polar surface area (TPSA) is 30.5 Å². The predicted molar refractivity (Wildman–Crippen MR) is 74.1 cm³/mol. The molecule has 0 aromatic carbocycles. The minimum Gasteiger partial charge on any atom is -0.377 e. The van der Waals surface area contributed by atoms with Crippen LogP contribution in [0.15, 0.2) is 11.6 Å². The minimum absolute atomic E-state index is 0.533. The Morgan fingerprint density at radius 1 is 1.32 bits per heavy atom. The molecule has 4 rings (SSSR count). The van der Waals surface area contributed by atoms with E-state index in [-0.39, 0.29) is 0 Å². The van der Waals surface area contributed by atoms with E-state index in [0.29, 0.717) is 11.5 Å². The van der Waals surface area contributed by atoms with Crippen LogP contribution in [0.25, 0.3) is 0 Å². The molecule has 3 heteroatoms. The van der Waals surface area contributed by atoms with E-state index in [1.807, 2.05) is 0 Å². The quantitative estimate of drug-likeness (QED) is 0.789. The van der Waals surface area contributed by atoms with Crippen LogP contribution in [0.1, 0.15) is 38.5 Å². The van der Waals surface area contributed by atoms with Crippen LogP contribution < -0.4 is 5.32 Å². The lowest BCUT2D eigenvalue weighted by molar-refractivity contribution is -0.175. The molecule has 2 heterocycles. The SMILES string of the molecule is C1=C(CCN[C@@H]2[C@@H]3CCO[C@@H]3C23CCC3)CCOC1. The predicted octanol–water partition coefficient (Wildman–Crippen LogP) is 2.27. The molecule has 2 saturated carbocycles. The van der Waals surface area contributed by atoms with Crippen LogP contribution in [0.2, 0.25) is 0 Å². The largest absolute Gasteiger partial charge is 0.377 e. The Kier molecular flexibility index (Phi) is 3.17. The summed E-state index contributed by atoms with van der Waals surface area (Å²) in [5.74, 6) is 0.809. The summed E-state index contributed by atoms with van der Waals surface area (Å²) in [6.45, 7) is 3.87. The van der Waals surface area contributed by atoms with Gasteiger partial charge in [0, 0.05) is 24.0 Å². The molecule has 1 saturated heterocycles. The first-order valence-electron chi connectivity index (χ1n) is 8.01. The molecule has 106 valence electrons. The molecular weight excluding hydrogens is 238 g/mol. The Balaban J connectivity index is 1.31. The summed E-state index contributed by atoms with van der Waals surface area (Å²) in [6.07, 6.45) is 10.7. The molecule has 19 heavy (non-hydrogen) atoms. The van der Waals surface area contributed by atoms with E-state index in [4.69, 9.17) is 9.47 Å². The second-order valence-electron chi connectivity index (χ2n) is 6.70. The Bertz CT molecular complexity index is 375. The molecular formula is C16H25NO2. The molecule has 1 N–H and O–H groups in total. The van der Waals surface area contributed by atoms with E-state index in [2.05, 4.69) is 11.4 Å². The second-order valence-corrected chi connectivity index (χ2v) is 6.70. The van der Waals surface area contributed by atoms with E-state index in [1.54, 1.807) is 5.57 Å².